The predicted octanol–water partition coefficient (Wildman–Crippen LogP) is 3.86. The molecule has 2 aromatic rings. The minimum atomic E-state index is 0.0839. The van der Waals surface area contributed by atoms with E-state index in [4.69, 9.17) is 0 Å². The summed E-state index contributed by atoms with van der Waals surface area (Å²) in [6, 6.07) is 7.90. The number of hydrogen-bond acceptors (Lipinski definition) is 2. The van der Waals surface area contributed by atoms with E-state index in [1.807, 2.05) is 29.2 Å². The van der Waals surface area contributed by atoms with Crippen LogP contribution in [-0.2, 0) is 0 Å². The third-order valence-electron chi connectivity index (χ3n) is 3.88. The SMILES string of the molecule is O=C(c1cn[nH]c1-c1cccc(Br)c1)N1CCCCCC1. The van der Waals surface area contributed by atoms with E-state index >= 15 is 0 Å². The highest BCUT2D eigenvalue weighted by atomic mass is 79.9. The van der Waals surface area contributed by atoms with Crippen LogP contribution in [0.5, 0.6) is 0 Å². The molecule has 0 saturated carbocycles. The van der Waals surface area contributed by atoms with Crippen LogP contribution in [0, 0.1) is 0 Å². The molecule has 1 aliphatic rings. The van der Waals surface area contributed by atoms with Crippen molar-refractivity contribution >= 4 is 21.8 Å². The summed E-state index contributed by atoms with van der Waals surface area (Å²) in [5, 5.41) is 7.05. The first-order valence-electron chi connectivity index (χ1n) is 7.34. The molecule has 3 rings (SSSR count). The van der Waals surface area contributed by atoms with Crippen molar-refractivity contribution in [2.75, 3.05) is 13.1 Å². The maximum absolute atomic E-state index is 12.7. The van der Waals surface area contributed by atoms with E-state index in [1.54, 1.807) is 6.20 Å². The van der Waals surface area contributed by atoms with Gasteiger partial charge in [-0.25, -0.2) is 0 Å². The number of amides is 1. The average molecular weight is 348 g/mol. The van der Waals surface area contributed by atoms with Crippen LogP contribution in [-0.4, -0.2) is 34.1 Å². The molecule has 1 aromatic heterocycles. The van der Waals surface area contributed by atoms with Gasteiger partial charge in [-0.2, -0.15) is 5.10 Å². The summed E-state index contributed by atoms with van der Waals surface area (Å²) in [6.07, 6.45) is 6.26. The zero-order valence-corrected chi connectivity index (χ0v) is 13.4. The molecule has 0 aliphatic carbocycles. The summed E-state index contributed by atoms with van der Waals surface area (Å²) in [6.45, 7) is 1.70. The Labute approximate surface area is 132 Å². The summed E-state index contributed by atoms with van der Waals surface area (Å²) in [7, 11) is 0. The molecule has 1 fully saturated rings. The lowest BCUT2D eigenvalue weighted by Gasteiger charge is -2.20. The highest BCUT2D eigenvalue weighted by molar-refractivity contribution is 9.10. The molecule has 21 heavy (non-hydrogen) atoms. The lowest BCUT2D eigenvalue weighted by Crippen LogP contribution is -2.31. The van der Waals surface area contributed by atoms with Gasteiger partial charge < -0.3 is 4.90 Å². The van der Waals surface area contributed by atoms with Gasteiger partial charge in [0, 0.05) is 23.1 Å². The minimum Gasteiger partial charge on any atom is -0.339 e. The maximum atomic E-state index is 12.7. The molecule has 0 unspecified atom stereocenters. The third-order valence-corrected chi connectivity index (χ3v) is 4.37. The van der Waals surface area contributed by atoms with Gasteiger partial charge in [0.15, 0.2) is 0 Å². The number of aromatic amines is 1. The highest BCUT2D eigenvalue weighted by Crippen LogP contribution is 2.25. The second-order valence-corrected chi connectivity index (χ2v) is 6.29. The number of nitrogens with zero attached hydrogens (tertiary/aromatic N) is 2. The fourth-order valence-electron chi connectivity index (χ4n) is 2.76. The summed E-state index contributed by atoms with van der Waals surface area (Å²) in [4.78, 5) is 14.7. The topological polar surface area (TPSA) is 49.0 Å². The molecule has 1 saturated heterocycles. The molecule has 5 heteroatoms. The minimum absolute atomic E-state index is 0.0839. The predicted molar refractivity (Wildman–Crippen MR) is 86.1 cm³/mol. The van der Waals surface area contributed by atoms with Crippen LogP contribution in [0.1, 0.15) is 36.0 Å². The molecule has 0 radical (unpaired) electrons. The van der Waals surface area contributed by atoms with Gasteiger partial charge >= 0.3 is 0 Å². The van der Waals surface area contributed by atoms with Gasteiger partial charge in [0.2, 0.25) is 0 Å². The average Bonchev–Trinajstić information content (AvgIpc) is 2.82. The van der Waals surface area contributed by atoms with E-state index < -0.39 is 0 Å². The second kappa shape index (κ2) is 6.43. The maximum Gasteiger partial charge on any atom is 0.257 e. The molecule has 4 nitrogen and oxygen atoms in total. The zero-order chi connectivity index (χ0) is 14.7. The smallest absolute Gasteiger partial charge is 0.257 e. The number of carbonyl (C=O) groups excluding carboxylic acids is 1. The van der Waals surface area contributed by atoms with E-state index in [2.05, 4.69) is 26.1 Å². The number of H-pyrrole nitrogens is 1. The third kappa shape index (κ3) is 3.18. The number of likely N-dealkylation sites (tertiary alicyclic amines) is 1. The van der Waals surface area contributed by atoms with Gasteiger partial charge in [0.25, 0.3) is 5.91 Å². The van der Waals surface area contributed by atoms with Gasteiger partial charge in [0.1, 0.15) is 0 Å². The fourth-order valence-corrected chi connectivity index (χ4v) is 3.16. The molecule has 0 atom stereocenters. The molecule has 1 amide bonds. The van der Waals surface area contributed by atoms with Crippen molar-refractivity contribution in [1.82, 2.24) is 15.1 Å². The summed E-state index contributed by atoms with van der Waals surface area (Å²) in [5.41, 5.74) is 2.43. The molecule has 110 valence electrons. The molecular formula is C16H18BrN3O. The van der Waals surface area contributed by atoms with Gasteiger partial charge in [0.05, 0.1) is 17.5 Å². The van der Waals surface area contributed by atoms with Crippen LogP contribution in [0.15, 0.2) is 34.9 Å². The lowest BCUT2D eigenvalue weighted by atomic mass is 10.1. The highest BCUT2D eigenvalue weighted by Gasteiger charge is 2.22. The van der Waals surface area contributed by atoms with Crippen LogP contribution in [0.25, 0.3) is 11.3 Å². The van der Waals surface area contributed by atoms with Crippen molar-refractivity contribution in [2.24, 2.45) is 0 Å². The normalized spacial score (nSPS) is 15.8. The Kier molecular flexibility index (Phi) is 4.39. The summed E-state index contributed by atoms with van der Waals surface area (Å²) < 4.78 is 0.989. The van der Waals surface area contributed by atoms with Gasteiger partial charge in [-0.1, -0.05) is 40.9 Å². The molecule has 1 aromatic carbocycles. The van der Waals surface area contributed by atoms with Gasteiger partial charge in [-0.15, -0.1) is 0 Å². The van der Waals surface area contributed by atoms with E-state index in [9.17, 15) is 4.79 Å². The largest absolute Gasteiger partial charge is 0.339 e. The Morgan fingerprint density at radius 1 is 1.19 bits per heavy atom. The van der Waals surface area contributed by atoms with E-state index in [-0.39, 0.29) is 5.91 Å². The summed E-state index contributed by atoms with van der Waals surface area (Å²) in [5.74, 6) is 0.0839. The van der Waals surface area contributed by atoms with E-state index in [0.29, 0.717) is 5.56 Å². The Morgan fingerprint density at radius 2 is 1.95 bits per heavy atom. The fraction of sp³-hybridized carbons (Fsp3) is 0.375. The van der Waals surface area contributed by atoms with Crippen molar-refractivity contribution in [3.05, 3.63) is 40.5 Å². The Bertz CT molecular complexity index is 630. The van der Waals surface area contributed by atoms with E-state index in [1.165, 1.54) is 12.8 Å². The monoisotopic (exact) mass is 347 g/mol. The van der Waals surface area contributed by atoms with E-state index in [0.717, 1.165) is 41.7 Å². The number of halogens is 1. The molecule has 1 N–H and O–H groups in total. The lowest BCUT2D eigenvalue weighted by molar-refractivity contribution is 0.0762. The Balaban J connectivity index is 1.89. The Morgan fingerprint density at radius 3 is 2.67 bits per heavy atom. The molecular weight excluding hydrogens is 330 g/mol. The van der Waals surface area contributed by atoms with Crippen molar-refractivity contribution in [1.29, 1.82) is 0 Å². The van der Waals surface area contributed by atoms with Crippen LogP contribution in [0.4, 0.5) is 0 Å². The van der Waals surface area contributed by atoms with Crippen molar-refractivity contribution < 1.29 is 4.79 Å². The molecule has 1 aliphatic heterocycles. The van der Waals surface area contributed by atoms with Crippen LogP contribution in [0.2, 0.25) is 0 Å². The number of rotatable bonds is 2. The first-order chi connectivity index (χ1) is 10.3. The molecule has 2 heterocycles. The zero-order valence-electron chi connectivity index (χ0n) is 11.8. The molecule has 0 bridgehead atoms. The van der Waals surface area contributed by atoms with Crippen LogP contribution < -0.4 is 0 Å². The first-order valence-corrected chi connectivity index (χ1v) is 8.13. The van der Waals surface area contributed by atoms with Crippen LogP contribution in [0.3, 0.4) is 0 Å². The van der Waals surface area contributed by atoms with Gasteiger partial charge in [-0.05, 0) is 25.0 Å². The quantitative estimate of drug-likeness (QED) is 0.896. The standard InChI is InChI=1S/C16H18BrN3O/c17-13-7-5-6-12(10-13)15-14(11-18-19-15)16(21)20-8-3-1-2-4-9-20/h5-7,10-11H,1-4,8-9H2,(H,18,19). The second-order valence-electron chi connectivity index (χ2n) is 5.38. The Hall–Kier alpha value is -1.62. The summed E-state index contributed by atoms with van der Waals surface area (Å²) >= 11 is 3.47. The first kappa shape index (κ1) is 14.3. The number of nitrogens with one attached hydrogen (secondary N) is 1. The number of benzene rings is 1. The van der Waals surface area contributed by atoms with Crippen LogP contribution >= 0.6 is 15.9 Å². The molecule has 0 spiro atoms. The van der Waals surface area contributed by atoms with Gasteiger partial charge in [-0.3, -0.25) is 9.89 Å². The number of aromatic nitrogens is 2. The number of carbonyl (C=O) groups is 1. The number of hydrogen-bond donors (Lipinski definition) is 1. The van der Waals surface area contributed by atoms with Crippen molar-refractivity contribution in [3.63, 3.8) is 0 Å². The van der Waals surface area contributed by atoms with Crippen molar-refractivity contribution in [3.8, 4) is 11.3 Å². The van der Waals surface area contributed by atoms with Crippen molar-refractivity contribution in [2.45, 2.75) is 25.7 Å².